The molecule has 1 aromatic carbocycles. The third kappa shape index (κ3) is 6.28. The molecule has 11 nitrogen and oxygen atoms in total. The molecule has 1 aliphatic carbocycles. The molecule has 11 heteroatoms. The molecule has 202 valence electrons. The number of aliphatic hydroxyl groups is 1. The molecule has 1 aliphatic heterocycles. The number of cyclic esters (lactones) is 1. The number of benzene rings is 1. The lowest BCUT2D eigenvalue weighted by Crippen LogP contribution is -2.60. The summed E-state index contributed by atoms with van der Waals surface area (Å²) < 4.78 is 5.58. The van der Waals surface area contributed by atoms with Gasteiger partial charge >= 0.3 is 5.97 Å². The predicted octanol–water partition coefficient (Wildman–Crippen LogP) is 0.450. The molecule has 1 aromatic heterocycles. The van der Waals surface area contributed by atoms with Crippen LogP contribution in [0.5, 0.6) is 5.75 Å². The van der Waals surface area contributed by atoms with Gasteiger partial charge in [0.2, 0.25) is 11.8 Å². The number of pyridine rings is 1. The molecule has 6 atom stereocenters. The van der Waals surface area contributed by atoms with Gasteiger partial charge in [-0.25, -0.2) is 9.78 Å². The van der Waals surface area contributed by atoms with E-state index in [0.717, 1.165) is 18.4 Å². The summed E-state index contributed by atoms with van der Waals surface area (Å²) in [6.45, 7) is 2.97. The highest BCUT2D eigenvalue weighted by Crippen LogP contribution is 2.34. The lowest BCUT2D eigenvalue weighted by Gasteiger charge is -2.33. The number of nitrogens with zero attached hydrogens (tertiary/aromatic N) is 1. The number of carbonyl (C=O) groups excluding carboxylic acids is 4. The van der Waals surface area contributed by atoms with Crippen LogP contribution in [0.3, 0.4) is 0 Å². The van der Waals surface area contributed by atoms with Gasteiger partial charge in [0.15, 0.2) is 5.69 Å². The Kier molecular flexibility index (Phi) is 8.26. The van der Waals surface area contributed by atoms with Gasteiger partial charge in [-0.05, 0) is 49.8 Å². The fourth-order valence-corrected chi connectivity index (χ4v) is 4.49. The number of rotatable bonds is 5. The van der Waals surface area contributed by atoms with E-state index in [0.29, 0.717) is 0 Å². The lowest BCUT2D eigenvalue weighted by atomic mass is 9.91. The van der Waals surface area contributed by atoms with Crippen molar-refractivity contribution in [1.82, 2.24) is 20.9 Å². The van der Waals surface area contributed by atoms with E-state index in [4.69, 9.17) is 4.74 Å². The van der Waals surface area contributed by atoms with Crippen LogP contribution < -0.4 is 16.0 Å². The van der Waals surface area contributed by atoms with E-state index in [9.17, 15) is 29.4 Å². The second-order valence-corrected chi connectivity index (χ2v) is 9.87. The maximum atomic E-state index is 13.5. The minimum Gasteiger partial charge on any atom is -0.505 e. The van der Waals surface area contributed by atoms with E-state index >= 15 is 0 Å². The Balaban J connectivity index is 1.66. The molecule has 1 unspecified atom stereocenters. The first-order chi connectivity index (χ1) is 18.2. The van der Waals surface area contributed by atoms with Crippen molar-refractivity contribution >= 4 is 23.7 Å². The fraction of sp³-hybridized carbons (Fsp3) is 0.444. The summed E-state index contributed by atoms with van der Waals surface area (Å²) in [5.74, 6) is -4.30. The van der Waals surface area contributed by atoms with E-state index in [2.05, 4.69) is 20.9 Å². The SMILES string of the molecule is C[C@H]1OC(=O)C(C2CC2)NC(=O)[C@H](C)[C@H](O)[C@H](Cc2ccccc2)NC(=O)[C@H]1NC(=O)c1ncccc1O. The molecule has 0 spiro atoms. The summed E-state index contributed by atoms with van der Waals surface area (Å²) in [5.41, 5.74) is 0.508. The molecular formula is C27H32N4O7. The standard InChI is InChI=1S/C27H32N4O7/c1-14-23(33)18(13-16-7-4-3-5-8-16)29-25(35)20(30-26(36)22-19(32)9-6-12-28-22)15(2)38-27(37)21(17-10-11-17)31-24(14)34/h3-9,12,14-15,17-18,20-21,23,32-33H,10-11,13H2,1-2H3,(H,29,35)(H,30,36)(H,31,34)/t14-,15-,18+,20+,21?,23+/m1/s1. The lowest BCUT2D eigenvalue weighted by molar-refractivity contribution is -0.156. The van der Waals surface area contributed by atoms with Crippen molar-refractivity contribution in [2.45, 2.75) is 63.4 Å². The van der Waals surface area contributed by atoms with E-state index in [1.54, 1.807) is 0 Å². The molecule has 5 N–H and O–H groups in total. The van der Waals surface area contributed by atoms with Gasteiger partial charge in [-0.2, -0.15) is 0 Å². The number of aliphatic hydroxyl groups excluding tert-OH is 1. The van der Waals surface area contributed by atoms with E-state index in [1.807, 2.05) is 30.3 Å². The summed E-state index contributed by atoms with van der Waals surface area (Å²) in [4.78, 5) is 56.4. The minimum atomic E-state index is -1.39. The van der Waals surface area contributed by atoms with Crippen LogP contribution in [0.4, 0.5) is 0 Å². The number of hydrogen-bond donors (Lipinski definition) is 5. The van der Waals surface area contributed by atoms with Crippen molar-refractivity contribution in [3.63, 3.8) is 0 Å². The summed E-state index contributed by atoms with van der Waals surface area (Å²) in [5, 5.41) is 29.2. The van der Waals surface area contributed by atoms with Gasteiger partial charge < -0.3 is 30.9 Å². The predicted molar refractivity (Wildman–Crippen MR) is 135 cm³/mol. The van der Waals surface area contributed by atoms with Gasteiger partial charge in [0.05, 0.1) is 18.1 Å². The molecule has 0 bridgehead atoms. The number of aromatic hydroxyl groups is 1. The van der Waals surface area contributed by atoms with Crippen LogP contribution in [-0.2, 0) is 25.5 Å². The Labute approximate surface area is 220 Å². The molecule has 1 saturated heterocycles. The zero-order chi connectivity index (χ0) is 27.4. The Bertz CT molecular complexity index is 1190. The van der Waals surface area contributed by atoms with Crippen LogP contribution in [0.1, 0.15) is 42.7 Å². The molecular weight excluding hydrogens is 492 g/mol. The number of ether oxygens (including phenoxy) is 1. The van der Waals surface area contributed by atoms with Crippen LogP contribution in [0.15, 0.2) is 48.7 Å². The zero-order valence-corrected chi connectivity index (χ0v) is 21.2. The Morgan fingerprint density at radius 2 is 1.76 bits per heavy atom. The molecule has 0 radical (unpaired) electrons. The van der Waals surface area contributed by atoms with Gasteiger partial charge in [-0.1, -0.05) is 37.3 Å². The molecule has 2 heterocycles. The molecule has 3 amide bonds. The fourth-order valence-electron chi connectivity index (χ4n) is 4.49. The highest BCUT2D eigenvalue weighted by Gasteiger charge is 2.43. The quantitative estimate of drug-likeness (QED) is 0.352. The summed E-state index contributed by atoms with van der Waals surface area (Å²) in [6, 6.07) is 8.63. The first-order valence-corrected chi connectivity index (χ1v) is 12.6. The van der Waals surface area contributed by atoms with Crippen molar-refractivity contribution in [2.24, 2.45) is 11.8 Å². The number of hydrogen-bond acceptors (Lipinski definition) is 8. The van der Waals surface area contributed by atoms with Crippen molar-refractivity contribution in [1.29, 1.82) is 0 Å². The normalized spacial score (nSPS) is 28.7. The number of nitrogens with one attached hydrogen (secondary N) is 3. The number of aromatic nitrogens is 1. The maximum Gasteiger partial charge on any atom is 0.329 e. The smallest absolute Gasteiger partial charge is 0.329 e. The molecule has 2 aromatic rings. The molecule has 38 heavy (non-hydrogen) atoms. The van der Waals surface area contributed by atoms with Crippen LogP contribution >= 0.6 is 0 Å². The van der Waals surface area contributed by atoms with E-state index in [1.165, 1.54) is 32.2 Å². The van der Waals surface area contributed by atoms with Crippen molar-refractivity contribution in [2.75, 3.05) is 0 Å². The first-order valence-electron chi connectivity index (χ1n) is 12.6. The van der Waals surface area contributed by atoms with Gasteiger partial charge in [0.25, 0.3) is 5.91 Å². The maximum absolute atomic E-state index is 13.5. The van der Waals surface area contributed by atoms with Crippen molar-refractivity contribution < 1.29 is 34.1 Å². The second kappa shape index (κ2) is 11.6. The van der Waals surface area contributed by atoms with E-state index in [-0.39, 0.29) is 23.8 Å². The third-order valence-corrected chi connectivity index (χ3v) is 6.95. The Morgan fingerprint density at radius 1 is 1.05 bits per heavy atom. The Hall–Kier alpha value is -3.99. The highest BCUT2D eigenvalue weighted by molar-refractivity contribution is 5.98. The zero-order valence-electron chi connectivity index (χ0n) is 21.2. The molecule has 1 saturated carbocycles. The first kappa shape index (κ1) is 27.1. The number of esters is 1. The van der Waals surface area contributed by atoms with Gasteiger partial charge in [0, 0.05) is 6.20 Å². The molecule has 2 aliphatic rings. The van der Waals surface area contributed by atoms with Crippen LogP contribution in [0.2, 0.25) is 0 Å². The minimum absolute atomic E-state index is 0.113. The van der Waals surface area contributed by atoms with Gasteiger partial charge in [0.1, 0.15) is 23.9 Å². The van der Waals surface area contributed by atoms with Crippen molar-refractivity contribution in [3.05, 3.63) is 59.9 Å². The Morgan fingerprint density at radius 3 is 2.42 bits per heavy atom. The van der Waals surface area contributed by atoms with Crippen molar-refractivity contribution in [3.8, 4) is 5.75 Å². The second-order valence-electron chi connectivity index (χ2n) is 9.87. The summed E-state index contributed by atoms with van der Waals surface area (Å²) in [7, 11) is 0. The molecule has 4 rings (SSSR count). The number of amides is 3. The molecule has 2 fully saturated rings. The largest absolute Gasteiger partial charge is 0.505 e. The van der Waals surface area contributed by atoms with E-state index < -0.39 is 59.9 Å². The van der Waals surface area contributed by atoms with Gasteiger partial charge in [-0.3, -0.25) is 14.4 Å². The van der Waals surface area contributed by atoms with Crippen LogP contribution in [-0.4, -0.2) is 69.2 Å². The third-order valence-electron chi connectivity index (χ3n) is 6.95. The topological polar surface area (TPSA) is 167 Å². The van der Waals surface area contributed by atoms with Crippen LogP contribution in [0.25, 0.3) is 0 Å². The van der Waals surface area contributed by atoms with Gasteiger partial charge in [-0.15, -0.1) is 0 Å². The summed E-state index contributed by atoms with van der Waals surface area (Å²) >= 11 is 0. The highest BCUT2D eigenvalue weighted by atomic mass is 16.5. The number of carbonyl (C=O) groups is 4. The average molecular weight is 525 g/mol. The van der Waals surface area contributed by atoms with Crippen LogP contribution in [0, 0.1) is 11.8 Å². The monoisotopic (exact) mass is 524 g/mol. The summed E-state index contributed by atoms with van der Waals surface area (Å²) in [6.07, 6.45) is 0.509. The average Bonchev–Trinajstić information content (AvgIpc) is 3.74.